The first-order valence-electron chi connectivity index (χ1n) is 5.97. The van der Waals surface area contributed by atoms with Gasteiger partial charge in [0, 0.05) is 0 Å². The first-order valence-corrected chi connectivity index (χ1v) is 6.76. The normalized spacial score (nSPS) is 13.0. The van der Waals surface area contributed by atoms with E-state index in [-0.39, 0.29) is 15.8 Å². The maximum Gasteiger partial charge on any atom is 0.573 e. The number of hydrogen-bond acceptors (Lipinski definition) is 3. The Kier molecular flexibility index (Phi) is 4.62. The lowest BCUT2D eigenvalue weighted by atomic mass is 9.98. The summed E-state index contributed by atoms with van der Waals surface area (Å²) in [4.78, 5) is 0. The van der Waals surface area contributed by atoms with E-state index in [9.17, 15) is 22.7 Å². The number of phenolic OH excluding ortho intramolecular Hbond substituents is 1. The summed E-state index contributed by atoms with van der Waals surface area (Å²) in [5.41, 5.74) is 6.05. The van der Waals surface area contributed by atoms with Crippen molar-refractivity contribution in [2.75, 3.05) is 0 Å². The highest BCUT2D eigenvalue weighted by Gasteiger charge is 2.31. The number of ether oxygens (including phenoxy) is 1. The van der Waals surface area contributed by atoms with Gasteiger partial charge in [-0.1, -0.05) is 12.1 Å². The second-order valence-electron chi connectivity index (χ2n) is 4.39. The van der Waals surface area contributed by atoms with Crippen molar-refractivity contribution >= 4 is 15.9 Å². The fraction of sp³-hybridized carbons (Fsp3) is 0.143. The van der Waals surface area contributed by atoms with Gasteiger partial charge in [0.1, 0.15) is 17.3 Å². The van der Waals surface area contributed by atoms with E-state index in [1.807, 2.05) is 0 Å². The van der Waals surface area contributed by atoms with Gasteiger partial charge in [0.15, 0.2) is 0 Å². The fourth-order valence-electron chi connectivity index (χ4n) is 1.90. The molecular weight excluding hydrogens is 370 g/mol. The van der Waals surface area contributed by atoms with E-state index in [2.05, 4.69) is 20.7 Å². The second kappa shape index (κ2) is 6.13. The Morgan fingerprint density at radius 3 is 2.23 bits per heavy atom. The summed E-state index contributed by atoms with van der Waals surface area (Å²) in [5.74, 6) is -1.49. The molecule has 0 aliphatic carbocycles. The standard InChI is InChI=1S/C14H10BrF4NO2/c15-9-5-6-10(16)11(13(9)21)12(20)7-1-3-8(4-2-7)22-14(17,18)19/h1-6,12,21H,20H2/t12-/m1/s1. The quantitative estimate of drug-likeness (QED) is 0.784. The molecule has 0 unspecified atom stereocenters. The minimum Gasteiger partial charge on any atom is -0.506 e. The molecule has 3 N–H and O–H groups in total. The third kappa shape index (κ3) is 3.69. The number of hydrogen-bond donors (Lipinski definition) is 2. The predicted molar refractivity (Wildman–Crippen MR) is 74.9 cm³/mol. The zero-order chi connectivity index (χ0) is 16.5. The average Bonchev–Trinajstić information content (AvgIpc) is 2.42. The third-order valence-electron chi connectivity index (χ3n) is 2.90. The summed E-state index contributed by atoms with van der Waals surface area (Å²) in [6.07, 6.45) is -4.79. The highest BCUT2D eigenvalue weighted by atomic mass is 79.9. The van der Waals surface area contributed by atoms with Gasteiger partial charge in [-0.25, -0.2) is 4.39 Å². The van der Waals surface area contributed by atoms with Gasteiger partial charge in [0.25, 0.3) is 0 Å². The van der Waals surface area contributed by atoms with Crippen molar-refractivity contribution in [3.63, 3.8) is 0 Å². The van der Waals surface area contributed by atoms with Crippen LogP contribution in [0.25, 0.3) is 0 Å². The van der Waals surface area contributed by atoms with Gasteiger partial charge in [0.05, 0.1) is 16.1 Å². The molecule has 1 atom stereocenters. The van der Waals surface area contributed by atoms with Crippen molar-refractivity contribution in [1.82, 2.24) is 0 Å². The Balaban J connectivity index is 2.31. The van der Waals surface area contributed by atoms with E-state index in [1.165, 1.54) is 18.2 Å². The zero-order valence-corrected chi connectivity index (χ0v) is 12.5. The van der Waals surface area contributed by atoms with Crippen LogP contribution in [-0.4, -0.2) is 11.5 Å². The molecule has 0 heterocycles. The molecule has 0 radical (unpaired) electrons. The summed E-state index contributed by atoms with van der Waals surface area (Å²) in [6, 6.07) is 6.07. The molecule has 0 amide bonds. The fourth-order valence-corrected chi connectivity index (χ4v) is 2.24. The Morgan fingerprint density at radius 1 is 1.09 bits per heavy atom. The monoisotopic (exact) mass is 379 g/mol. The number of phenols is 1. The van der Waals surface area contributed by atoms with Crippen LogP contribution in [0.3, 0.4) is 0 Å². The van der Waals surface area contributed by atoms with Crippen molar-refractivity contribution in [2.45, 2.75) is 12.4 Å². The van der Waals surface area contributed by atoms with Crippen molar-refractivity contribution in [2.24, 2.45) is 5.73 Å². The Hall–Kier alpha value is -1.80. The summed E-state index contributed by atoms with van der Waals surface area (Å²) in [5, 5.41) is 9.88. The molecule has 0 fully saturated rings. The number of halogens is 5. The lowest BCUT2D eigenvalue weighted by Crippen LogP contribution is -2.17. The Labute approximate surface area is 131 Å². The first kappa shape index (κ1) is 16.6. The summed E-state index contributed by atoms with van der Waals surface area (Å²) in [7, 11) is 0. The predicted octanol–water partition coefficient (Wildman–Crippen LogP) is 4.24. The van der Waals surface area contributed by atoms with Gasteiger partial charge in [-0.15, -0.1) is 13.2 Å². The highest BCUT2D eigenvalue weighted by molar-refractivity contribution is 9.10. The molecule has 2 rings (SSSR count). The lowest BCUT2D eigenvalue weighted by molar-refractivity contribution is -0.274. The van der Waals surface area contributed by atoms with Gasteiger partial charge in [0.2, 0.25) is 0 Å². The molecule has 2 aromatic carbocycles. The molecular formula is C14H10BrF4NO2. The maximum absolute atomic E-state index is 13.8. The van der Waals surface area contributed by atoms with Crippen LogP contribution in [0.1, 0.15) is 17.2 Å². The van der Waals surface area contributed by atoms with Gasteiger partial charge >= 0.3 is 6.36 Å². The molecule has 118 valence electrons. The van der Waals surface area contributed by atoms with Crippen LogP contribution in [0, 0.1) is 5.82 Å². The van der Waals surface area contributed by atoms with Crippen LogP contribution in [0.4, 0.5) is 17.6 Å². The van der Waals surface area contributed by atoms with Gasteiger partial charge < -0.3 is 15.6 Å². The number of alkyl halides is 3. The van der Waals surface area contributed by atoms with Crippen molar-refractivity contribution in [1.29, 1.82) is 0 Å². The third-order valence-corrected chi connectivity index (χ3v) is 3.54. The van der Waals surface area contributed by atoms with E-state index in [0.29, 0.717) is 5.56 Å². The smallest absolute Gasteiger partial charge is 0.506 e. The van der Waals surface area contributed by atoms with Crippen LogP contribution < -0.4 is 10.5 Å². The number of benzene rings is 2. The molecule has 0 saturated heterocycles. The highest BCUT2D eigenvalue weighted by Crippen LogP contribution is 2.36. The van der Waals surface area contributed by atoms with E-state index >= 15 is 0 Å². The largest absolute Gasteiger partial charge is 0.573 e. The summed E-state index contributed by atoms with van der Waals surface area (Å²) < 4.78 is 54.1. The summed E-state index contributed by atoms with van der Waals surface area (Å²) >= 11 is 3.05. The Bertz CT molecular complexity index is 674. The molecule has 0 spiro atoms. The van der Waals surface area contributed by atoms with Crippen molar-refractivity contribution < 1.29 is 27.4 Å². The topological polar surface area (TPSA) is 55.5 Å². The lowest BCUT2D eigenvalue weighted by Gasteiger charge is -2.16. The van der Waals surface area contributed by atoms with Gasteiger partial charge in [-0.3, -0.25) is 0 Å². The van der Waals surface area contributed by atoms with Gasteiger partial charge in [-0.05, 0) is 45.8 Å². The molecule has 3 nitrogen and oxygen atoms in total. The average molecular weight is 380 g/mol. The number of nitrogens with two attached hydrogens (primary N) is 1. The molecule has 0 aliphatic heterocycles. The zero-order valence-electron chi connectivity index (χ0n) is 10.9. The number of aromatic hydroxyl groups is 1. The van der Waals surface area contributed by atoms with E-state index in [4.69, 9.17) is 5.73 Å². The van der Waals surface area contributed by atoms with E-state index < -0.39 is 24.0 Å². The molecule has 8 heteroatoms. The second-order valence-corrected chi connectivity index (χ2v) is 5.24. The maximum atomic E-state index is 13.8. The van der Waals surface area contributed by atoms with Crippen LogP contribution >= 0.6 is 15.9 Å². The molecule has 22 heavy (non-hydrogen) atoms. The van der Waals surface area contributed by atoms with Crippen LogP contribution in [-0.2, 0) is 0 Å². The molecule has 2 aromatic rings. The minimum absolute atomic E-state index is 0.154. The van der Waals surface area contributed by atoms with Crippen molar-refractivity contribution in [3.8, 4) is 11.5 Å². The van der Waals surface area contributed by atoms with Crippen molar-refractivity contribution in [3.05, 3.63) is 57.8 Å². The molecule has 0 aliphatic rings. The van der Waals surface area contributed by atoms with Crippen LogP contribution in [0.15, 0.2) is 40.9 Å². The van der Waals surface area contributed by atoms with E-state index in [0.717, 1.165) is 18.2 Å². The van der Waals surface area contributed by atoms with Gasteiger partial charge in [-0.2, -0.15) is 0 Å². The molecule has 0 saturated carbocycles. The number of rotatable bonds is 3. The summed E-state index contributed by atoms with van der Waals surface area (Å²) in [6.45, 7) is 0. The van der Waals surface area contributed by atoms with Crippen LogP contribution in [0.5, 0.6) is 11.5 Å². The minimum atomic E-state index is -4.79. The van der Waals surface area contributed by atoms with E-state index in [1.54, 1.807) is 0 Å². The molecule has 0 bridgehead atoms. The first-order chi connectivity index (χ1) is 10.2. The van der Waals surface area contributed by atoms with Crippen LogP contribution in [0.2, 0.25) is 0 Å². The SMILES string of the molecule is N[C@H](c1ccc(OC(F)(F)F)cc1)c1c(F)ccc(Br)c1O. The molecule has 0 aromatic heterocycles. The Morgan fingerprint density at radius 2 is 1.68 bits per heavy atom.